The van der Waals surface area contributed by atoms with Crippen LogP contribution in [0.25, 0.3) is 0 Å². The first kappa shape index (κ1) is 12.1. The van der Waals surface area contributed by atoms with Crippen molar-refractivity contribution in [2.75, 3.05) is 12.8 Å². The highest BCUT2D eigenvalue weighted by atomic mass is 16.6. The summed E-state index contributed by atoms with van der Waals surface area (Å²) >= 11 is 0. The largest absolute Gasteiger partial charge is 0.379 e. The second kappa shape index (κ2) is 4.87. The van der Waals surface area contributed by atoms with E-state index in [1.54, 1.807) is 7.05 Å². The van der Waals surface area contributed by atoms with E-state index in [0.717, 1.165) is 11.1 Å². The molecule has 0 aliphatic rings. The summed E-state index contributed by atoms with van der Waals surface area (Å²) in [5.41, 5.74) is 7.74. The maximum atomic E-state index is 12.0. The third-order valence-electron chi connectivity index (χ3n) is 2.73. The zero-order valence-electron chi connectivity index (χ0n) is 10.3. The lowest BCUT2D eigenvalue weighted by Gasteiger charge is -2.17. The van der Waals surface area contributed by atoms with Crippen LogP contribution in [0.15, 0.2) is 28.9 Å². The van der Waals surface area contributed by atoms with Crippen molar-refractivity contribution in [1.29, 1.82) is 0 Å². The van der Waals surface area contributed by atoms with Gasteiger partial charge < -0.3 is 10.6 Å². The quantitative estimate of drug-likeness (QED) is 0.880. The Labute approximate surface area is 104 Å². The van der Waals surface area contributed by atoms with E-state index < -0.39 is 0 Å². The molecular formula is C12H14N4O2. The topological polar surface area (TPSA) is 85.2 Å². The van der Waals surface area contributed by atoms with Crippen LogP contribution in [-0.4, -0.2) is 28.2 Å². The Morgan fingerprint density at radius 3 is 2.72 bits per heavy atom. The van der Waals surface area contributed by atoms with Crippen LogP contribution >= 0.6 is 0 Å². The fourth-order valence-corrected chi connectivity index (χ4v) is 1.64. The summed E-state index contributed by atoms with van der Waals surface area (Å²) in [6.45, 7) is 2.48. The molecule has 2 aromatic rings. The van der Waals surface area contributed by atoms with Crippen molar-refractivity contribution in [2.45, 2.75) is 13.5 Å². The molecule has 0 spiro atoms. The number of benzene rings is 1. The number of carbonyl (C=O) groups is 1. The van der Waals surface area contributed by atoms with Gasteiger partial charge in [-0.15, -0.1) is 0 Å². The van der Waals surface area contributed by atoms with Crippen LogP contribution in [-0.2, 0) is 6.54 Å². The van der Waals surface area contributed by atoms with E-state index in [-0.39, 0.29) is 17.4 Å². The number of hydrogen-bond acceptors (Lipinski definition) is 5. The van der Waals surface area contributed by atoms with Crippen molar-refractivity contribution in [1.82, 2.24) is 15.2 Å². The Bertz CT molecular complexity index is 565. The number of nitrogen functional groups attached to an aromatic ring is 1. The molecule has 1 aromatic heterocycles. The summed E-state index contributed by atoms with van der Waals surface area (Å²) in [7, 11) is 1.68. The molecule has 6 heteroatoms. The van der Waals surface area contributed by atoms with Gasteiger partial charge in [-0.25, -0.2) is 4.63 Å². The number of aryl methyl sites for hydroxylation is 1. The maximum absolute atomic E-state index is 12.0. The Hall–Kier alpha value is -2.37. The van der Waals surface area contributed by atoms with Crippen LogP contribution in [0.4, 0.5) is 5.82 Å². The second-order valence-electron chi connectivity index (χ2n) is 4.09. The molecule has 18 heavy (non-hydrogen) atoms. The molecule has 0 fully saturated rings. The summed E-state index contributed by atoms with van der Waals surface area (Å²) in [4.78, 5) is 13.6. The van der Waals surface area contributed by atoms with Crippen LogP contribution in [0.2, 0.25) is 0 Å². The van der Waals surface area contributed by atoms with Gasteiger partial charge in [-0.3, -0.25) is 4.79 Å². The minimum Gasteiger partial charge on any atom is -0.379 e. The first-order valence-electron chi connectivity index (χ1n) is 5.47. The molecule has 0 atom stereocenters. The first-order valence-corrected chi connectivity index (χ1v) is 5.47. The Morgan fingerprint density at radius 1 is 1.39 bits per heavy atom. The summed E-state index contributed by atoms with van der Waals surface area (Å²) in [5, 5.41) is 6.89. The molecule has 0 bridgehead atoms. The number of nitrogens with zero attached hydrogens (tertiary/aromatic N) is 3. The number of aromatic nitrogens is 2. The van der Waals surface area contributed by atoms with Crippen molar-refractivity contribution < 1.29 is 9.42 Å². The third kappa shape index (κ3) is 2.32. The maximum Gasteiger partial charge on any atom is 0.280 e. The minimum atomic E-state index is -0.308. The average Bonchev–Trinajstić information content (AvgIpc) is 2.77. The van der Waals surface area contributed by atoms with Gasteiger partial charge in [0.15, 0.2) is 0 Å². The average molecular weight is 246 g/mol. The molecule has 0 unspecified atom stereocenters. The summed E-state index contributed by atoms with van der Waals surface area (Å²) in [5.74, 6) is -0.298. The van der Waals surface area contributed by atoms with Crippen LogP contribution < -0.4 is 5.73 Å². The molecule has 1 aromatic carbocycles. The van der Waals surface area contributed by atoms with Gasteiger partial charge in [0, 0.05) is 13.6 Å². The number of rotatable bonds is 3. The first-order chi connectivity index (χ1) is 8.59. The van der Waals surface area contributed by atoms with E-state index in [9.17, 15) is 4.79 Å². The molecule has 2 rings (SSSR count). The summed E-state index contributed by atoms with van der Waals surface area (Å²) < 4.78 is 4.42. The Kier molecular flexibility index (Phi) is 3.27. The van der Waals surface area contributed by atoms with Crippen molar-refractivity contribution in [2.24, 2.45) is 0 Å². The number of carbonyl (C=O) groups excluding carboxylic acids is 1. The van der Waals surface area contributed by atoms with Gasteiger partial charge in [-0.1, -0.05) is 24.3 Å². The summed E-state index contributed by atoms with van der Waals surface area (Å²) in [6.07, 6.45) is 0. The van der Waals surface area contributed by atoms with Crippen LogP contribution in [0.3, 0.4) is 0 Å². The smallest absolute Gasteiger partial charge is 0.280 e. The zero-order valence-corrected chi connectivity index (χ0v) is 10.3. The molecular weight excluding hydrogens is 232 g/mol. The van der Waals surface area contributed by atoms with Gasteiger partial charge in [-0.05, 0) is 28.4 Å². The number of anilines is 1. The van der Waals surface area contributed by atoms with Gasteiger partial charge >= 0.3 is 0 Å². The molecule has 0 saturated carbocycles. The van der Waals surface area contributed by atoms with Crippen LogP contribution in [0.1, 0.15) is 21.6 Å². The molecule has 1 amide bonds. The van der Waals surface area contributed by atoms with E-state index in [2.05, 4.69) is 14.9 Å². The normalized spacial score (nSPS) is 10.3. The van der Waals surface area contributed by atoms with E-state index in [0.29, 0.717) is 6.54 Å². The zero-order chi connectivity index (χ0) is 13.1. The SMILES string of the molecule is Cc1ccccc1CN(C)C(=O)c1nonc1N. The van der Waals surface area contributed by atoms with Gasteiger partial charge in [-0.2, -0.15) is 0 Å². The van der Waals surface area contributed by atoms with Crippen LogP contribution in [0, 0.1) is 6.92 Å². The van der Waals surface area contributed by atoms with Crippen molar-refractivity contribution in [3.63, 3.8) is 0 Å². The second-order valence-corrected chi connectivity index (χ2v) is 4.09. The van der Waals surface area contributed by atoms with Crippen molar-refractivity contribution in [3.8, 4) is 0 Å². The van der Waals surface area contributed by atoms with Crippen molar-refractivity contribution >= 4 is 11.7 Å². The third-order valence-corrected chi connectivity index (χ3v) is 2.73. The Morgan fingerprint density at radius 2 is 2.11 bits per heavy atom. The minimum absolute atomic E-state index is 0.0108. The number of nitrogens with two attached hydrogens (primary N) is 1. The predicted molar refractivity (Wildman–Crippen MR) is 65.7 cm³/mol. The highest BCUT2D eigenvalue weighted by molar-refractivity contribution is 5.95. The monoisotopic (exact) mass is 246 g/mol. The standard InChI is InChI=1S/C12H14N4O2/c1-8-5-3-4-6-9(8)7-16(2)12(17)10-11(13)15-18-14-10/h3-6H,7H2,1-2H3,(H2,13,15). The molecule has 1 heterocycles. The molecule has 2 N–H and O–H groups in total. The van der Waals surface area contributed by atoms with E-state index in [4.69, 9.17) is 5.73 Å². The summed E-state index contributed by atoms with van der Waals surface area (Å²) in [6, 6.07) is 7.87. The molecule has 0 radical (unpaired) electrons. The molecule has 94 valence electrons. The van der Waals surface area contributed by atoms with Gasteiger partial charge in [0.1, 0.15) is 0 Å². The van der Waals surface area contributed by atoms with E-state index >= 15 is 0 Å². The highest BCUT2D eigenvalue weighted by Gasteiger charge is 2.20. The van der Waals surface area contributed by atoms with Gasteiger partial charge in [0.25, 0.3) is 5.91 Å². The fraction of sp³-hybridized carbons (Fsp3) is 0.250. The van der Waals surface area contributed by atoms with E-state index in [1.807, 2.05) is 31.2 Å². The lowest BCUT2D eigenvalue weighted by Crippen LogP contribution is -2.27. The lowest BCUT2D eigenvalue weighted by atomic mass is 10.1. The molecule has 0 aliphatic carbocycles. The highest BCUT2D eigenvalue weighted by Crippen LogP contribution is 2.13. The Balaban J connectivity index is 2.14. The number of amides is 1. The van der Waals surface area contributed by atoms with Gasteiger partial charge in [0.2, 0.25) is 11.5 Å². The van der Waals surface area contributed by atoms with Crippen LogP contribution in [0.5, 0.6) is 0 Å². The van der Waals surface area contributed by atoms with E-state index in [1.165, 1.54) is 4.90 Å². The molecule has 0 aliphatic heterocycles. The lowest BCUT2D eigenvalue weighted by molar-refractivity contribution is 0.0774. The molecule has 6 nitrogen and oxygen atoms in total. The molecule has 0 saturated heterocycles. The fourth-order valence-electron chi connectivity index (χ4n) is 1.64. The van der Waals surface area contributed by atoms with Gasteiger partial charge in [0.05, 0.1) is 0 Å². The number of hydrogen-bond donors (Lipinski definition) is 1. The van der Waals surface area contributed by atoms with Crippen molar-refractivity contribution in [3.05, 3.63) is 41.1 Å². The predicted octanol–water partition coefficient (Wildman–Crippen LogP) is 1.23.